The Labute approximate surface area is 123 Å². The SMILES string of the molecule is CCCN(CC1CC1)c1snc(N)c1C(=O)NC1CC1. The van der Waals surface area contributed by atoms with E-state index in [0.717, 1.165) is 43.3 Å². The van der Waals surface area contributed by atoms with Gasteiger partial charge in [0, 0.05) is 19.1 Å². The molecule has 3 rings (SSSR count). The summed E-state index contributed by atoms with van der Waals surface area (Å²) in [6.07, 6.45) is 5.84. The first-order valence-electron chi connectivity index (χ1n) is 7.50. The minimum absolute atomic E-state index is 0.0503. The van der Waals surface area contributed by atoms with Gasteiger partial charge in [0.25, 0.3) is 5.91 Å². The van der Waals surface area contributed by atoms with Crippen LogP contribution >= 0.6 is 11.5 Å². The van der Waals surface area contributed by atoms with Gasteiger partial charge in [-0.3, -0.25) is 4.79 Å². The highest BCUT2D eigenvalue weighted by molar-refractivity contribution is 7.11. The number of rotatable bonds is 7. The summed E-state index contributed by atoms with van der Waals surface area (Å²) in [5.41, 5.74) is 6.52. The molecule has 0 radical (unpaired) electrons. The zero-order chi connectivity index (χ0) is 14.1. The molecule has 0 unspecified atom stereocenters. The van der Waals surface area contributed by atoms with E-state index in [1.54, 1.807) is 0 Å². The van der Waals surface area contributed by atoms with Crippen LogP contribution < -0.4 is 16.0 Å². The quantitative estimate of drug-likeness (QED) is 0.809. The molecule has 110 valence electrons. The molecule has 0 bridgehead atoms. The lowest BCUT2D eigenvalue weighted by Gasteiger charge is -2.23. The summed E-state index contributed by atoms with van der Waals surface area (Å²) in [5.74, 6) is 1.11. The lowest BCUT2D eigenvalue weighted by Crippen LogP contribution is -2.31. The van der Waals surface area contributed by atoms with Crippen LogP contribution in [0.1, 0.15) is 49.4 Å². The summed E-state index contributed by atoms with van der Waals surface area (Å²) in [7, 11) is 0. The minimum Gasteiger partial charge on any atom is -0.382 e. The third-order valence-electron chi connectivity index (χ3n) is 3.80. The van der Waals surface area contributed by atoms with E-state index in [4.69, 9.17) is 5.73 Å². The topological polar surface area (TPSA) is 71.2 Å². The molecule has 1 aromatic heterocycles. The van der Waals surface area contributed by atoms with Crippen molar-refractivity contribution in [3.63, 3.8) is 0 Å². The van der Waals surface area contributed by atoms with Crippen molar-refractivity contribution in [3.05, 3.63) is 5.56 Å². The molecule has 1 heterocycles. The first kappa shape index (κ1) is 13.7. The van der Waals surface area contributed by atoms with Crippen LogP contribution in [0, 0.1) is 5.92 Å². The van der Waals surface area contributed by atoms with Crippen LogP contribution in [-0.2, 0) is 0 Å². The van der Waals surface area contributed by atoms with Gasteiger partial charge in [-0.25, -0.2) is 0 Å². The number of amides is 1. The number of hydrogen-bond donors (Lipinski definition) is 2. The van der Waals surface area contributed by atoms with Crippen LogP contribution in [0.2, 0.25) is 0 Å². The van der Waals surface area contributed by atoms with E-state index in [2.05, 4.69) is 21.5 Å². The summed E-state index contributed by atoms with van der Waals surface area (Å²) in [6, 6.07) is 0.345. The van der Waals surface area contributed by atoms with Gasteiger partial charge < -0.3 is 16.0 Å². The molecular weight excluding hydrogens is 272 g/mol. The highest BCUT2D eigenvalue weighted by Crippen LogP contribution is 2.36. The smallest absolute Gasteiger partial charge is 0.258 e. The number of anilines is 2. The Morgan fingerprint density at radius 2 is 2.20 bits per heavy atom. The van der Waals surface area contributed by atoms with Crippen molar-refractivity contribution in [2.45, 2.75) is 45.1 Å². The van der Waals surface area contributed by atoms with Gasteiger partial charge in [0.05, 0.1) is 0 Å². The number of nitrogen functional groups attached to an aromatic ring is 1. The lowest BCUT2D eigenvalue weighted by molar-refractivity contribution is 0.0952. The normalized spacial score (nSPS) is 18.1. The van der Waals surface area contributed by atoms with Crippen LogP contribution in [0.3, 0.4) is 0 Å². The van der Waals surface area contributed by atoms with E-state index in [-0.39, 0.29) is 5.91 Å². The molecule has 2 aliphatic rings. The van der Waals surface area contributed by atoms with Gasteiger partial charge in [-0.2, -0.15) is 4.37 Å². The first-order chi connectivity index (χ1) is 9.69. The van der Waals surface area contributed by atoms with Crippen molar-refractivity contribution < 1.29 is 4.79 Å². The number of nitrogens with zero attached hydrogens (tertiary/aromatic N) is 2. The Hall–Kier alpha value is -1.30. The van der Waals surface area contributed by atoms with Crippen LogP contribution in [0.5, 0.6) is 0 Å². The average molecular weight is 294 g/mol. The summed E-state index contributed by atoms with van der Waals surface area (Å²) < 4.78 is 4.21. The van der Waals surface area contributed by atoms with Gasteiger partial charge in [0.15, 0.2) is 5.82 Å². The Kier molecular flexibility index (Phi) is 3.83. The van der Waals surface area contributed by atoms with Gasteiger partial charge in [-0.1, -0.05) is 6.92 Å². The van der Waals surface area contributed by atoms with Crippen molar-refractivity contribution in [1.82, 2.24) is 9.69 Å². The highest BCUT2D eigenvalue weighted by atomic mass is 32.1. The lowest BCUT2D eigenvalue weighted by atomic mass is 10.2. The van der Waals surface area contributed by atoms with E-state index >= 15 is 0 Å². The molecule has 2 fully saturated rings. The molecule has 6 heteroatoms. The van der Waals surface area contributed by atoms with Crippen LogP contribution in [0.15, 0.2) is 0 Å². The molecule has 1 aromatic rings. The molecular formula is C14H22N4OS. The maximum absolute atomic E-state index is 12.4. The van der Waals surface area contributed by atoms with Gasteiger partial charge in [-0.05, 0) is 49.6 Å². The molecule has 0 saturated heterocycles. The molecule has 20 heavy (non-hydrogen) atoms. The molecule has 0 aromatic carbocycles. The van der Waals surface area contributed by atoms with Crippen molar-refractivity contribution in [1.29, 1.82) is 0 Å². The summed E-state index contributed by atoms with van der Waals surface area (Å²) in [4.78, 5) is 14.7. The number of carbonyl (C=O) groups excluding carboxylic acids is 1. The third kappa shape index (κ3) is 3.06. The van der Waals surface area contributed by atoms with Gasteiger partial charge in [-0.15, -0.1) is 0 Å². The summed E-state index contributed by atoms with van der Waals surface area (Å²) in [6.45, 7) is 4.15. The number of carbonyl (C=O) groups is 1. The molecule has 3 N–H and O–H groups in total. The first-order valence-corrected chi connectivity index (χ1v) is 8.27. The Bertz CT molecular complexity index is 493. The second kappa shape index (κ2) is 5.60. The highest BCUT2D eigenvalue weighted by Gasteiger charge is 2.31. The fraction of sp³-hybridized carbons (Fsp3) is 0.714. The fourth-order valence-electron chi connectivity index (χ4n) is 2.37. The largest absolute Gasteiger partial charge is 0.382 e. The van der Waals surface area contributed by atoms with Crippen molar-refractivity contribution in [3.8, 4) is 0 Å². The van der Waals surface area contributed by atoms with Gasteiger partial charge in [0.1, 0.15) is 10.6 Å². The van der Waals surface area contributed by atoms with Crippen molar-refractivity contribution in [2.75, 3.05) is 23.7 Å². The van der Waals surface area contributed by atoms with Crippen LogP contribution in [0.4, 0.5) is 10.8 Å². The number of nitrogens with two attached hydrogens (primary N) is 1. The number of nitrogens with one attached hydrogen (secondary N) is 1. The zero-order valence-electron chi connectivity index (χ0n) is 11.9. The average Bonchev–Trinajstić information content (AvgIpc) is 3.31. The maximum Gasteiger partial charge on any atom is 0.258 e. The summed E-state index contributed by atoms with van der Waals surface area (Å²) >= 11 is 1.36. The second-order valence-corrected chi connectivity index (χ2v) is 6.64. The van der Waals surface area contributed by atoms with Gasteiger partial charge in [0.2, 0.25) is 0 Å². The maximum atomic E-state index is 12.4. The molecule has 0 spiro atoms. The molecule has 2 saturated carbocycles. The Balaban J connectivity index is 1.80. The fourth-order valence-corrected chi connectivity index (χ4v) is 3.21. The molecule has 0 atom stereocenters. The Morgan fingerprint density at radius 3 is 2.80 bits per heavy atom. The standard InChI is InChI=1S/C14H22N4OS/c1-2-7-18(8-9-3-4-9)14-11(12(15)17-20-14)13(19)16-10-5-6-10/h9-10H,2-8H2,1H3,(H2,15,17)(H,16,19). The second-order valence-electron chi connectivity index (χ2n) is 5.89. The van der Waals surface area contributed by atoms with Crippen LogP contribution in [-0.4, -0.2) is 29.4 Å². The van der Waals surface area contributed by atoms with E-state index in [1.807, 2.05) is 0 Å². The van der Waals surface area contributed by atoms with E-state index in [9.17, 15) is 4.79 Å². The Morgan fingerprint density at radius 1 is 1.45 bits per heavy atom. The minimum atomic E-state index is -0.0503. The monoisotopic (exact) mass is 294 g/mol. The predicted molar refractivity (Wildman–Crippen MR) is 82.2 cm³/mol. The zero-order valence-corrected chi connectivity index (χ0v) is 12.7. The van der Waals surface area contributed by atoms with Crippen molar-refractivity contribution >= 4 is 28.3 Å². The third-order valence-corrected chi connectivity index (χ3v) is 4.72. The van der Waals surface area contributed by atoms with E-state index in [1.165, 1.54) is 24.4 Å². The predicted octanol–water partition coefficient (Wildman–Crippen LogP) is 2.24. The molecule has 0 aliphatic heterocycles. The molecule has 5 nitrogen and oxygen atoms in total. The number of hydrogen-bond acceptors (Lipinski definition) is 5. The summed E-state index contributed by atoms with van der Waals surface area (Å²) in [5, 5.41) is 3.98. The van der Waals surface area contributed by atoms with E-state index < -0.39 is 0 Å². The van der Waals surface area contributed by atoms with Gasteiger partial charge >= 0.3 is 0 Å². The number of aromatic nitrogens is 1. The molecule has 1 amide bonds. The van der Waals surface area contributed by atoms with E-state index in [0.29, 0.717) is 17.4 Å². The molecule has 2 aliphatic carbocycles. The van der Waals surface area contributed by atoms with Crippen molar-refractivity contribution in [2.24, 2.45) is 5.92 Å². The van der Waals surface area contributed by atoms with Crippen LogP contribution in [0.25, 0.3) is 0 Å².